The van der Waals surface area contributed by atoms with Gasteiger partial charge < -0.3 is 10.6 Å². The summed E-state index contributed by atoms with van der Waals surface area (Å²) in [5.41, 5.74) is 9.91. The van der Waals surface area contributed by atoms with Crippen LogP contribution in [0.2, 0.25) is 0 Å². The Bertz CT molecular complexity index is 1930. The number of aryl methyl sites for hydroxylation is 2. The minimum atomic E-state index is -0.573. The van der Waals surface area contributed by atoms with Gasteiger partial charge in [0.15, 0.2) is 0 Å². The van der Waals surface area contributed by atoms with Gasteiger partial charge in [-0.15, -0.1) is 0 Å². The summed E-state index contributed by atoms with van der Waals surface area (Å²) in [6.45, 7) is 1.52. The monoisotopic (exact) mass is 591 g/mol. The lowest BCUT2D eigenvalue weighted by molar-refractivity contribution is -0.384. The maximum atomic E-state index is 13.4. The topological polar surface area (TPSA) is 147 Å². The van der Waals surface area contributed by atoms with Crippen molar-refractivity contribution in [3.05, 3.63) is 92.0 Å². The van der Waals surface area contributed by atoms with E-state index in [1.54, 1.807) is 0 Å². The molecule has 0 atom stereocenters. The number of amides is 4. The Morgan fingerprint density at radius 2 is 1.25 bits per heavy atom. The van der Waals surface area contributed by atoms with E-state index < -0.39 is 16.7 Å². The normalized spacial score (nSPS) is 15.4. The predicted molar refractivity (Wildman–Crippen MR) is 164 cm³/mol. The molecule has 0 saturated heterocycles. The molecule has 11 heteroatoms. The first kappa shape index (κ1) is 27.7. The zero-order valence-corrected chi connectivity index (χ0v) is 24.1. The number of carbonyl (C=O) groups excluding carboxylic acids is 4. The van der Waals surface area contributed by atoms with Crippen LogP contribution in [0.3, 0.4) is 0 Å². The zero-order chi connectivity index (χ0) is 30.9. The van der Waals surface area contributed by atoms with E-state index in [4.69, 9.17) is 5.73 Å². The number of nitro groups is 1. The van der Waals surface area contributed by atoms with Gasteiger partial charge in [-0.2, -0.15) is 0 Å². The highest BCUT2D eigenvalue weighted by Crippen LogP contribution is 2.39. The van der Waals surface area contributed by atoms with Crippen LogP contribution in [0.5, 0.6) is 0 Å². The van der Waals surface area contributed by atoms with Crippen LogP contribution in [0, 0.1) is 10.1 Å². The fourth-order valence-electron chi connectivity index (χ4n) is 6.93. The third-order valence-electron chi connectivity index (χ3n) is 9.01. The van der Waals surface area contributed by atoms with E-state index in [1.807, 2.05) is 36.2 Å². The number of benzene rings is 4. The van der Waals surface area contributed by atoms with Gasteiger partial charge in [0.1, 0.15) is 0 Å². The molecule has 44 heavy (non-hydrogen) atoms. The molecule has 0 radical (unpaired) electrons. The minimum absolute atomic E-state index is 0.111. The van der Waals surface area contributed by atoms with E-state index in [1.165, 1.54) is 40.3 Å². The van der Waals surface area contributed by atoms with Gasteiger partial charge in [-0.3, -0.25) is 39.1 Å². The minimum Gasteiger partial charge on any atom is -0.399 e. The molecule has 4 amide bonds. The van der Waals surface area contributed by atoms with Crippen LogP contribution in [-0.4, -0.2) is 76.5 Å². The van der Waals surface area contributed by atoms with E-state index in [-0.39, 0.29) is 47.4 Å². The van der Waals surface area contributed by atoms with Gasteiger partial charge in [0, 0.05) is 52.8 Å². The standard InChI is InChI=1S/C33H29N5O6/c1-35(10-2-12-36-30(39)23-8-6-18-4-5-19-7-9-24(31(36)40)29(23)27(18)19)11-3-13-37-32(41)25-16-21(34)14-20-15-22(38(43)44)17-26(28(20)25)33(37)42/h6-9,14-17H,2-5,10-13,34H2,1H3. The number of nitro benzene ring substituents is 1. The maximum absolute atomic E-state index is 13.4. The van der Waals surface area contributed by atoms with Crippen molar-refractivity contribution in [1.29, 1.82) is 0 Å². The van der Waals surface area contributed by atoms with E-state index in [2.05, 4.69) is 0 Å². The number of hydrogen-bond donors (Lipinski definition) is 1. The number of imide groups is 2. The van der Waals surface area contributed by atoms with Crippen molar-refractivity contribution in [2.45, 2.75) is 25.7 Å². The molecule has 2 heterocycles. The molecule has 7 rings (SSSR count). The molecule has 0 saturated carbocycles. The second-order valence-corrected chi connectivity index (χ2v) is 11.7. The number of non-ortho nitro benzene ring substituents is 1. The van der Waals surface area contributed by atoms with Gasteiger partial charge in [-0.1, -0.05) is 12.1 Å². The average Bonchev–Trinajstić information content (AvgIpc) is 3.43. The van der Waals surface area contributed by atoms with Crippen molar-refractivity contribution in [3.8, 4) is 0 Å². The number of hydrogen-bond acceptors (Lipinski definition) is 8. The van der Waals surface area contributed by atoms with Crippen LogP contribution < -0.4 is 5.73 Å². The van der Waals surface area contributed by atoms with Crippen LogP contribution in [0.4, 0.5) is 11.4 Å². The van der Waals surface area contributed by atoms with Crippen LogP contribution in [0.15, 0.2) is 48.5 Å². The molecule has 0 bridgehead atoms. The summed E-state index contributed by atoms with van der Waals surface area (Å²) in [6.07, 6.45) is 2.87. The molecule has 1 aliphatic carbocycles. The number of rotatable bonds is 9. The summed E-state index contributed by atoms with van der Waals surface area (Å²) in [4.78, 5) is 68.7. The fourth-order valence-corrected chi connectivity index (χ4v) is 6.93. The average molecular weight is 592 g/mol. The van der Waals surface area contributed by atoms with Gasteiger partial charge >= 0.3 is 0 Å². The first-order valence-corrected chi connectivity index (χ1v) is 14.6. The van der Waals surface area contributed by atoms with Crippen molar-refractivity contribution in [1.82, 2.24) is 14.7 Å². The van der Waals surface area contributed by atoms with Crippen molar-refractivity contribution in [2.75, 3.05) is 39.0 Å². The SMILES string of the molecule is CN(CCCN1C(=O)c2cc(N)cc3cc([N+](=O)[O-])cc(c23)C1=O)CCCN1C(=O)c2ccc3c4c(ccc(c24)C1=O)CC3. The summed E-state index contributed by atoms with van der Waals surface area (Å²) in [5, 5.41) is 14.1. The Balaban J connectivity index is 0.983. The second-order valence-electron chi connectivity index (χ2n) is 11.7. The number of carbonyl (C=O) groups is 4. The Labute approximate surface area is 251 Å². The van der Waals surface area contributed by atoms with E-state index in [0.717, 1.165) is 28.5 Å². The quantitative estimate of drug-likeness (QED) is 0.132. The molecule has 2 aliphatic heterocycles. The highest BCUT2D eigenvalue weighted by Gasteiger charge is 2.36. The fraction of sp³-hybridized carbons (Fsp3) is 0.273. The van der Waals surface area contributed by atoms with Crippen molar-refractivity contribution < 1.29 is 24.1 Å². The molecule has 0 unspecified atom stereocenters. The van der Waals surface area contributed by atoms with Crippen LogP contribution >= 0.6 is 0 Å². The molecule has 11 nitrogen and oxygen atoms in total. The van der Waals surface area contributed by atoms with Gasteiger partial charge in [0.25, 0.3) is 29.3 Å². The van der Waals surface area contributed by atoms with Crippen LogP contribution in [-0.2, 0) is 12.8 Å². The molecule has 0 aromatic heterocycles. The maximum Gasteiger partial charge on any atom is 0.270 e. The Hall–Kier alpha value is -5.16. The molecular weight excluding hydrogens is 562 g/mol. The highest BCUT2D eigenvalue weighted by atomic mass is 16.6. The first-order valence-electron chi connectivity index (χ1n) is 14.6. The molecule has 222 valence electrons. The number of nitrogens with two attached hydrogens (primary N) is 1. The molecule has 0 spiro atoms. The van der Waals surface area contributed by atoms with Crippen molar-refractivity contribution >= 4 is 56.5 Å². The van der Waals surface area contributed by atoms with E-state index in [9.17, 15) is 29.3 Å². The lowest BCUT2D eigenvalue weighted by Crippen LogP contribution is -2.42. The summed E-state index contributed by atoms with van der Waals surface area (Å²) >= 11 is 0. The lowest BCUT2D eigenvalue weighted by atomic mass is 9.91. The van der Waals surface area contributed by atoms with Crippen LogP contribution in [0.25, 0.3) is 21.5 Å². The van der Waals surface area contributed by atoms with Gasteiger partial charge in [0.2, 0.25) is 0 Å². The second kappa shape index (κ2) is 10.2. The third kappa shape index (κ3) is 4.22. The van der Waals surface area contributed by atoms with Gasteiger partial charge in [0.05, 0.1) is 16.1 Å². The zero-order valence-electron chi connectivity index (χ0n) is 24.1. The van der Waals surface area contributed by atoms with Crippen molar-refractivity contribution in [3.63, 3.8) is 0 Å². The summed E-state index contributed by atoms with van der Waals surface area (Å²) in [6, 6.07) is 13.3. The molecule has 2 N–H and O–H groups in total. The summed E-state index contributed by atoms with van der Waals surface area (Å²) in [7, 11) is 1.90. The number of nitrogen functional groups attached to an aromatic ring is 1. The largest absolute Gasteiger partial charge is 0.399 e. The van der Waals surface area contributed by atoms with Crippen LogP contribution in [0.1, 0.15) is 65.4 Å². The van der Waals surface area contributed by atoms with E-state index >= 15 is 0 Å². The Morgan fingerprint density at radius 1 is 0.727 bits per heavy atom. The molecule has 4 aromatic rings. The molecular formula is C33H29N5O6. The third-order valence-corrected chi connectivity index (χ3v) is 9.01. The van der Waals surface area contributed by atoms with Gasteiger partial charge in [-0.25, -0.2) is 0 Å². The lowest BCUT2D eigenvalue weighted by Gasteiger charge is -2.29. The van der Waals surface area contributed by atoms with Gasteiger partial charge in [-0.05, 0) is 92.0 Å². The number of anilines is 1. The number of nitrogens with zero attached hydrogens (tertiary/aromatic N) is 4. The predicted octanol–water partition coefficient (Wildman–Crippen LogP) is 4.19. The Kier molecular flexibility index (Phi) is 6.43. The van der Waals surface area contributed by atoms with E-state index in [0.29, 0.717) is 47.8 Å². The molecule has 3 aliphatic rings. The Morgan fingerprint density at radius 3 is 1.80 bits per heavy atom. The molecule has 0 fully saturated rings. The first-order chi connectivity index (χ1) is 21.1. The highest BCUT2D eigenvalue weighted by molar-refractivity contribution is 6.27. The van der Waals surface area contributed by atoms with Crippen molar-refractivity contribution in [2.24, 2.45) is 0 Å². The smallest absolute Gasteiger partial charge is 0.270 e. The summed E-state index contributed by atoms with van der Waals surface area (Å²) in [5.74, 6) is -1.59. The molecule has 4 aromatic carbocycles. The summed E-state index contributed by atoms with van der Waals surface area (Å²) < 4.78 is 0.